The molecule has 2 aliphatic carbocycles. The van der Waals surface area contributed by atoms with E-state index in [1.807, 2.05) is 0 Å². The monoisotopic (exact) mass is 902 g/mol. The molecule has 322 valence electrons. The fourth-order valence-corrected chi connectivity index (χ4v) is 8.35. The normalized spacial score (nSPS) is 21.9. The van der Waals surface area contributed by atoms with Crippen LogP contribution < -0.4 is 0 Å². The number of likely N-dealkylation sites (tertiary alicyclic amines) is 2. The lowest BCUT2D eigenvalue weighted by atomic mass is 9.89. The molecule has 61 heavy (non-hydrogen) atoms. The highest BCUT2D eigenvalue weighted by Gasteiger charge is 2.65. The summed E-state index contributed by atoms with van der Waals surface area (Å²) in [5.74, 6) is -3.33. The smallest absolute Gasteiger partial charge is 0.424 e. The number of piperidine rings is 2. The second kappa shape index (κ2) is 15.5. The predicted molar refractivity (Wildman–Crippen MR) is 219 cm³/mol. The first-order valence-corrected chi connectivity index (χ1v) is 19.6. The van der Waals surface area contributed by atoms with Crippen LogP contribution >= 0.6 is 15.9 Å². The van der Waals surface area contributed by atoms with Gasteiger partial charge >= 0.3 is 12.2 Å². The number of benzene rings is 2. The summed E-state index contributed by atoms with van der Waals surface area (Å²) >= 11 is 3.27. The Balaban J connectivity index is 0.000000224. The van der Waals surface area contributed by atoms with Crippen molar-refractivity contribution in [3.8, 4) is 12.3 Å². The Morgan fingerprint density at radius 3 is 1.38 bits per heavy atom. The van der Waals surface area contributed by atoms with E-state index in [1.54, 1.807) is 59.7 Å². The molecule has 2 unspecified atom stereocenters. The molecule has 6 aliphatic rings. The number of amides is 10. The highest BCUT2D eigenvalue weighted by Crippen LogP contribution is 2.56. The number of fused-ring (bicyclic) bond motifs is 2. The first-order valence-electron chi connectivity index (χ1n) is 18.8. The lowest BCUT2D eigenvalue weighted by Gasteiger charge is -2.38. The van der Waals surface area contributed by atoms with Crippen LogP contribution in [0.3, 0.4) is 0 Å². The van der Waals surface area contributed by atoms with E-state index in [0.717, 1.165) is 9.80 Å². The quantitative estimate of drug-likeness (QED) is 0.242. The fourth-order valence-electron chi connectivity index (χ4n) is 7.82. The number of rotatable bonds is 2. The first-order chi connectivity index (χ1) is 27.5. The van der Waals surface area contributed by atoms with Crippen molar-refractivity contribution in [3.05, 3.63) is 68.7 Å². The van der Waals surface area contributed by atoms with Gasteiger partial charge in [0.15, 0.2) is 0 Å². The summed E-state index contributed by atoms with van der Waals surface area (Å²) in [6, 6.07) is 6.82. The molecule has 4 heterocycles. The second-order valence-corrected chi connectivity index (χ2v) is 18.3. The van der Waals surface area contributed by atoms with Crippen molar-refractivity contribution in [1.29, 1.82) is 0 Å². The largest absolute Gasteiger partial charge is 0.443 e. The zero-order chi connectivity index (χ0) is 43.3. The van der Waals surface area contributed by atoms with Crippen LogP contribution in [0.2, 0.25) is 0 Å². The first kappa shape index (κ1) is 46.1. The van der Waals surface area contributed by atoms with Gasteiger partial charge in [0.1, 0.15) is 23.3 Å². The average Bonchev–Trinajstić information content (AvgIpc) is 4.06. The number of carbonyl (C=O) groups excluding carboxylic acids is 10. The molecule has 2 aromatic carbocycles. The lowest BCUT2D eigenvalue weighted by Crippen LogP contribution is -2.61. The molecule has 10 amide bonds. The third kappa shape index (κ3) is 7.66. The molecule has 2 saturated carbocycles. The summed E-state index contributed by atoms with van der Waals surface area (Å²) < 4.78 is 10.9. The summed E-state index contributed by atoms with van der Waals surface area (Å²) in [4.78, 5) is 132. The maximum Gasteiger partial charge on any atom is 0.424 e. The van der Waals surface area contributed by atoms with Crippen LogP contribution in [-0.2, 0) is 28.7 Å². The minimum atomic E-state index is -1.28. The van der Waals surface area contributed by atoms with Crippen LogP contribution in [0.5, 0.6) is 0 Å². The molecule has 4 fully saturated rings. The molecule has 16 nitrogen and oxygen atoms in total. The molecule has 4 aliphatic heterocycles. The number of ether oxygens (including phenoxy) is 2. The van der Waals surface area contributed by atoms with Gasteiger partial charge in [0.25, 0.3) is 35.4 Å². The maximum atomic E-state index is 13.2. The zero-order valence-corrected chi connectivity index (χ0v) is 34.6. The number of imide groups is 8. The van der Waals surface area contributed by atoms with E-state index >= 15 is 0 Å². The van der Waals surface area contributed by atoms with Crippen molar-refractivity contribution in [2.24, 2.45) is 10.8 Å². The van der Waals surface area contributed by atoms with Gasteiger partial charge < -0.3 is 9.47 Å². The molecule has 0 radical (unpaired) electrons. The topological polar surface area (TPSA) is 202 Å². The van der Waals surface area contributed by atoms with E-state index < -0.39 is 93.6 Å². The van der Waals surface area contributed by atoms with E-state index in [0.29, 0.717) is 40.0 Å². The van der Waals surface area contributed by atoms with Crippen LogP contribution in [-0.4, -0.2) is 102 Å². The Bertz CT molecular complexity index is 2390. The lowest BCUT2D eigenvalue weighted by molar-refractivity contribution is -0.156. The van der Waals surface area contributed by atoms with Crippen LogP contribution in [0.25, 0.3) is 0 Å². The van der Waals surface area contributed by atoms with E-state index in [9.17, 15) is 47.9 Å². The second-order valence-electron chi connectivity index (χ2n) is 17.4. The number of nitrogens with zero attached hydrogens (tertiary/aromatic N) is 4. The molecule has 2 saturated heterocycles. The summed E-state index contributed by atoms with van der Waals surface area (Å²) in [6.45, 7) is 9.70. The molecule has 2 spiro atoms. The van der Waals surface area contributed by atoms with E-state index in [2.05, 4.69) is 21.9 Å². The van der Waals surface area contributed by atoms with Gasteiger partial charge in [-0.15, -0.1) is 6.42 Å². The van der Waals surface area contributed by atoms with Gasteiger partial charge in [-0.05, 0) is 120 Å². The number of hydrogen-bond acceptors (Lipinski definition) is 12. The fraction of sp³-hybridized carbons (Fsp3) is 0.455. The maximum absolute atomic E-state index is 13.2. The van der Waals surface area contributed by atoms with Gasteiger partial charge in [-0.25, -0.2) is 9.59 Å². The SMILES string of the molecule is C.C.C#Cc1cccc2c1C(=O)N(C1CC3(CC3)C(=O)N(C(=O)OC(C)(C)C)C1=O)C2=O.CC(C)(C)OC(=O)N1C(=O)C(N2C(=O)c3cccc(Br)c3C2=O)CC2(CC2)C1=O. The zero-order valence-electron chi connectivity index (χ0n) is 33.0. The Kier molecular flexibility index (Phi) is 11.7. The van der Waals surface area contributed by atoms with Gasteiger partial charge in [-0.2, -0.15) is 9.80 Å². The van der Waals surface area contributed by atoms with Gasteiger partial charge in [-0.3, -0.25) is 48.2 Å². The molecule has 0 N–H and O–H groups in total. The molecular formula is C44H47BrN4O12. The van der Waals surface area contributed by atoms with Crippen molar-refractivity contribution >= 4 is 75.4 Å². The molecular weight excluding hydrogens is 856 g/mol. The highest BCUT2D eigenvalue weighted by molar-refractivity contribution is 9.10. The van der Waals surface area contributed by atoms with E-state index in [4.69, 9.17) is 15.9 Å². The molecule has 2 aromatic rings. The van der Waals surface area contributed by atoms with Gasteiger partial charge in [-0.1, -0.05) is 32.9 Å². The summed E-state index contributed by atoms with van der Waals surface area (Å²) in [7, 11) is 0. The van der Waals surface area contributed by atoms with Crippen molar-refractivity contribution in [2.75, 3.05) is 0 Å². The molecule has 0 bridgehead atoms. The van der Waals surface area contributed by atoms with Crippen molar-refractivity contribution in [2.45, 2.75) is 118 Å². The summed E-state index contributed by atoms with van der Waals surface area (Å²) in [5, 5.41) is 0. The van der Waals surface area contributed by atoms with Gasteiger partial charge in [0, 0.05) is 10.0 Å². The standard InChI is InChI=1S/C22H20N2O6.C20H19BrN2O6.2CH4/c1-5-12-7-6-8-13-15(12)18(27)23(16(13)25)14-11-22(9-10-22)19(28)24(17(14)26)20(29)30-21(2,3)4;1-19(2,3)29-18(28)23-15(25)12(9-20(7-8-20)17(23)27)22-14(24)10-5-4-6-11(21)13(10)16(22)26;;/h1,6-8,14H,9-11H2,2-4H3;4-6,12H,7-9H2,1-3H3;2*1H4. The number of halogens is 1. The minimum Gasteiger partial charge on any atom is -0.443 e. The van der Waals surface area contributed by atoms with Gasteiger partial charge in [0.05, 0.1) is 33.1 Å². The van der Waals surface area contributed by atoms with Gasteiger partial charge in [0.2, 0.25) is 11.8 Å². The Labute approximate surface area is 361 Å². The molecule has 2 atom stereocenters. The summed E-state index contributed by atoms with van der Waals surface area (Å²) in [5.41, 5.74) is -2.93. The number of hydrogen-bond donors (Lipinski definition) is 0. The third-order valence-electron chi connectivity index (χ3n) is 11.0. The minimum absolute atomic E-state index is 0. The van der Waals surface area contributed by atoms with E-state index in [1.165, 1.54) is 18.2 Å². The number of terminal acetylenes is 1. The Hall–Kier alpha value is -6.02. The molecule has 0 aromatic heterocycles. The molecule has 8 rings (SSSR count). The van der Waals surface area contributed by atoms with Crippen molar-refractivity contribution in [3.63, 3.8) is 0 Å². The van der Waals surface area contributed by atoms with Crippen LogP contribution in [0.4, 0.5) is 9.59 Å². The predicted octanol–water partition coefficient (Wildman–Crippen LogP) is 6.27. The van der Waals surface area contributed by atoms with Crippen LogP contribution in [0.15, 0.2) is 40.9 Å². The van der Waals surface area contributed by atoms with Crippen molar-refractivity contribution < 1.29 is 57.4 Å². The number of carbonyl (C=O) groups is 10. The summed E-state index contributed by atoms with van der Waals surface area (Å²) in [6.07, 6.45) is 5.19. The Morgan fingerprint density at radius 2 is 1.02 bits per heavy atom. The Morgan fingerprint density at radius 1 is 0.639 bits per heavy atom. The van der Waals surface area contributed by atoms with Crippen molar-refractivity contribution in [1.82, 2.24) is 19.6 Å². The average molecular weight is 904 g/mol. The van der Waals surface area contributed by atoms with E-state index in [-0.39, 0.29) is 55.5 Å². The third-order valence-corrected chi connectivity index (χ3v) is 11.6. The van der Waals surface area contributed by atoms with Crippen LogP contribution in [0, 0.1) is 23.2 Å². The van der Waals surface area contributed by atoms with Crippen LogP contribution in [0.1, 0.15) is 142 Å². The highest BCUT2D eigenvalue weighted by atomic mass is 79.9. The molecule has 17 heteroatoms.